The topological polar surface area (TPSA) is 111 Å². The molecule has 1 unspecified atom stereocenters. The average Bonchev–Trinajstić information content (AvgIpc) is 2.74. The highest BCUT2D eigenvalue weighted by molar-refractivity contribution is 5.89. The molecule has 0 heterocycles. The van der Waals surface area contributed by atoms with Crippen LogP contribution in [0, 0.1) is 18.3 Å². The average molecular weight is 424 g/mol. The van der Waals surface area contributed by atoms with E-state index < -0.39 is 17.4 Å². The molecule has 0 amide bonds. The van der Waals surface area contributed by atoms with Crippen LogP contribution in [-0.2, 0) is 15.0 Å². The van der Waals surface area contributed by atoms with E-state index in [1.165, 1.54) is 5.56 Å². The standard InChI is InChI=1S/C20H24N2O.C4H4O4/c1-16-9-11-17(12-10-16)20(15-21,13-14-22(2)3)18-7-5-6-8-19(18)23-4;5-3(6)1-2-4(7)8/h5-12H,13-14H2,1-4H3;1-2H,(H,5,6)(H,7,8)/b;2-1-. The molecule has 0 aliphatic rings. The van der Waals surface area contributed by atoms with Crippen molar-refractivity contribution in [3.63, 3.8) is 0 Å². The van der Waals surface area contributed by atoms with Crippen LogP contribution in [0.15, 0.2) is 60.7 Å². The van der Waals surface area contributed by atoms with Gasteiger partial charge >= 0.3 is 11.9 Å². The van der Waals surface area contributed by atoms with Gasteiger partial charge in [-0.3, -0.25) is 0 Å². The van der Waals surface area contributed by atoms with Gasteiger partial charge in [-0.1, -0.05) is 48.0 Å². The summed E-state index contributed by atoms with van der Waals surface area (Å²) in [6, 6.07) is 18.6. The number of carboxylic acid groups (broad SMARTS) is 2. The number of aryl methyl sites for hydroxylation is 1. The van der Waals surface area contributed by atoms with Gasteiger partial charge in [0.2, 0.25) is 0 Å². The second-order valence-corrected chi connectivity index (χ2v) is 7.15. The van der Waals surface area contributed by atoms with Gasteiger partial charge in [-0.25, -0.2) is 9.59 Å². The van der Waals surface area contributed by atoms with Gasteiger partial charge in [0.05, 0.1) is 13.2 Å². The molecule has 2 N–H and O–H groups in total. The highest BCUT2D eigenvalue weighted by atomic mass is 16.5. The Morgan fingerprint density at radius 3 is 2.06 bits per heavy atom. The Kier molecular flexibility index (Phi) is 9.96. The van der Waals surface area contributed by atoms with E-state index in [0.717, 1.165) is 23.4 Å². The van der Waals surface area contributed by atoms with E-state index in [-0.39, 0.29) is 0 Å². The Morgan fingerprint density at radius 2 is 1.61 bits per heavy atom. The van der Waals surface area contributed by atoms with Crippen molar-refractivity contribution in [1.29, 1.82) is 5.26 Å². The molecule has 7 heteroatoms. The first kappa shape index (κ1) is 25.4. The van der Waals surface area contributed by atoms with Gasteiger partial charge in [-0.05, 0) is 45.6 Å². The molecule has 0 saturated heterocycles. The maximum atomic E-state index is 10.2. The molecule has 0 fully saturated rings. The summed E-state index contributed by atoms with van der Waals surface area (Å²) in [6.07, 6.45) is 1.82. The van der Waals surface area contributed by atoms with Crippen molar-refractivity contribution in [2.75, 3.05) is 27.7 Å². The third-order valence-corrected chi connectivity index (χ3v) is 4.60. The van der Waals surface area contributed by atoms with Gasteiger partial charge in [0.25, 0.3) is 0 Å². The maximum absolute atomic E-state index is 10.2. The highest BCUT2D eigenvalue weighted by Gasteiger charge is 2.36. The van der Waals surface area contributed by atoms with Crippen molar-refractivity contribution >= 4 is 11.9 Å². The number of aliphatic carboxylic acids is 2. The first-order chi connectivity index (χ1) is 14.7. The van der Waals surface area contributed by atoms with Crippen LogP contribution in [0.4, 0.5) is 0 Å². The van der Waals surface area contributed by atoms with Crippen LogP contribution in [0.2, 0.25) is 0 Å². The van der Waals surface area contributed by atoms with E-state index >= 15 is 0 Å². The maximum Gasteiger partial charge on any atom is 0.328 e. The number of nitrogens with zero attached hydrogens (tertiary/aromatic N) is 2. The van der Waals surface area contributed by atoms with Crippen molar-refractivity contribution in [3.05, 3.63) is 77.4 Å². The number of para-hydroxylation sites is 1. The second kappa shape index (κ2) is 12.2. The summed E-state index contributed by atoms with van der Waals surface area (Å²) < 4.78 is 5.54. The number of carboxylic acids is 2. The third-order valence-electron chi connectivity index (χ3n) is 4.60. The van der Waals surface area contributed by atoms with Crippen molar-refractivity contribution in [3.8, 4) is 11.8 Å². The van der Waals surface area contributed by atoms with Crippen molar-refractivity contribution in [2.45, 2.75) is 18.8 Å². The molecule has 2 aromatic rings. The summed E-state index contributed by atoms with van der Waals surface area (Å²) in [5.41, 5.74) is 2.41. The molecule has 2 aromatic carbocycles. The molecule has 164 valence electrons. The minimum Gasteiger partial charge on any atom is -0.496 e. The molecule has 1 atom stereocenters. The van der Waals surface area contributed by atoms with E-state index in [1.54, 1.807) is 7.11 Å². The zero-order valence-electron chi connectivity index (χ0n) is 18.2. The van der Waals surface area contributed by atoms with Gasteiger partial charge in [0.15, 0.2) is 0 Å². The first-order valence-electron chi connectivity index (χ1n) is 9.57. The Bertz CT molecular complexity index is 929. The van der Waals surface area contributed by atoms with Crippen molar-refractivity contribution in [2.24, 2.45) is 0 Å². The SMILES string of the molecule is COc1ccccc1C(C#N)(CCN(C)C)c1ccc(C)cc1.O=C(O)/C=C\C(=O)O. The smallest absolute Gasteiger partial charge is 0.328 e. The van der Waals surface area contributed by atoms with Gasteiger partial charge in [-0.15, -0.1) is 0 Å². The Balaban J connectivity index is 0.000000512. The van der Waals surface area contributed by atoms with Crippen molar-refractivity contribution in [1.82, 2.24) is 4.90 Å². The highest BCUT2D eigenvalue weighted by Crippen LogP contribution is 2.40. The fourth-order valence-corrected chi connectivity index (χ4v) is 2.98. The molecule has 0 aromatic heterocycles. The molecule has 0 aliphatic heterocycles. The zero-order chi connectivity index (χ0) is 23.4. The van der Waals surface area contributed by atoms with Crippen LogP contribution < -0.4 is 4.74 Å². The minimum absolute atomic E-state index is 0.558. The lowest BCUT2D eigenvalue weighted by Gasteiger charge is -2.30. The molecule has 0 saturated carbocycles. The van der Waals surface area contributed by atoms with E-state index in [9.17, 15) is 14.9 Å². The molecule has 31 heavy (non-hydrogen) atoms. The molecule has 0 spiro atoms. The lowest BCUT2D eigenvalue weighted by Crippen LogP contribution is -2.31. The van der Waals surface area contributed by atoms with Gasteiger partial charge in [0, 0.05) is 17.7 Å². The predicted octanol–water partition coefficient (Wildman–Crippen LogP) is 3.48. The number of nitriles is 1. The number of hydrogen-bond donors (Lipinski definition) is 2. The molecule has 2 rings (SSSR count). The van der Waals surface area contributed by atoms with E-state index in [2.05, 4.69) is 42.2 Å². The number of benzene rings is 2. The minimum atomic E-state index is -1.26. The zero-order valence-corrected chi connectivity index (χ0v) is 18.2. The second-order valence-electron chi connectivity index (χ2n) is 7.15. The summed E-state index contributed by atoms with van der Waals surface area (Å²) in [5, 5.41) is 25.8. The number of methoxy groups -OCH3 is 1. The summed E-state index contributed by atoms with van der Waals surface area (Å²) in [7, 11) is 5.71. The number of hydrogen-bond acceptors (Lipinski definition) is 5. The first-order valence-corrected chi connectivity index (χ1v) is 9.57. The van der Waals surface area contributed by atoms with E-state index in [1.807, 2.05) is 38.4 Å². The van der Waals surface area contributed by atoms with E-state index in [0.29, 0.717) is 18.6 Å². The molecular weight excluding hydrogens is 396 g/mol. The molecular formula is C24H28N2O5. The Hall–Kier alpha value is -3.63. The monoisotopic (exact) mass is 424 g/mol. The normalized spacial score (nSPS) is 12.4. The van der Waals surface area contributed by atoms with Crippen LogP contribution in [0.3, 0.4) is 0 Å². The van der Waals surface area contributed by atoms with E-state index in [4.69, 9.17) is 14.9 Å². The number of carbonyl (C=O) groups is 2. The number of rotatable bonds is 8. The molecule has 0 radical (unpaired) electrons. The molecule has 0 aliphatic carbocycles. The number of ether oxygens (including phenoxy) is 1. The molecule has 0 bridgehead atoms. The molecule has 7 nitrogen and oxygen atoms in total. The summed E-state index contributed by atoms with van der Waals surface area (Å²) in [4.78, 5) is 21.2. The third kappa shape index (κ3) is 7.61. The van der Waals surface area contributed by atoms with Crippen LogP contribution in [0.5, 0.6) is 5.75 Å². The lowest BCUT2D eigenvalue weighted by atomic mass is 9.72. The quantitative estimate of drug-likeness (QED) is 0.624. The van der Waals surface area contributed by atoms with Crippen LogP contribution >= 0.6 is 0 Å². The summed E-state index contributed by atoms with van der Waals surface area (Å²) in [6.45, 7) is 2.88. The van der Waals surface area contributed by atoms with Crippen molar-refractivity contribution < 1.29 is 24.5 Å². The summed E-state index contributed by atoms with van der Waals surface area (Å²) in [5.74, 6) is -1.76. The van der Waals surface area contributed by atoms with Gasteiger partial charge in [0.1, 0.15) is 11.2 Å². The van der Waals surface area contributed by atoms with Crippen LogP contribution in [-0.4, -0.2) is 54.8 Å². The lowest BCUT2D eigenvalue weighted by molar-refractivity contribution is -0.134. The van der Waals surface area contributed by atoms with Crippen LogP contribution in [0.1, 0.15) is 23.1 Å². The van der Waals surface area contributed by atoms with Gasteiger partial charge < -0.3 is 19.8 Å². The Labute approximate surface area is 182 Å². The van der Waals surface area contributed by atoms with Gasteiger partial charge in [-0.2, -0.15) is 5.26 Å². The largest absolute Gasteiger partial charge is 0.496 e. The summed E-state index contributed by atoms with van der Waals surface area (Å²) >= 11 is 0. The fraction of sp³-hybridized carbons (Fsp3) is 0.292. The Morgan fingerprint density at radius 1 is 1.06 bits per heavy atom. The fourth-order valence-electron chi connectivity index (χ4n) is 2.98. The van der Waals surface area contributed by atoms with Crippen LogP contribution in [0.25, 0.3) is 0 Å². The predicted molar refractivity (Wildman–Crippen MR) is 118 cm³/mol.